The minimum Gasteiger partial charge on any atom is -0.236 e. The largest absolute Gasteiger partial charge is 0.236 e. The third kappa shape index (κ3) is 2.64. The van der Waals surface area contributed by atoms with E-state index in [-0.39, 0.29) is 0 Å². The summed E-state index contributed by atoms with van der Waals surface area (Å²) in [5, 5.41) is 2.68. The number of halogens is 3. The zero-order chi connectivity index (χ0) is 14.1. The van der Waals surface area contributed by atoms with Gasteiger partial charge in [0, 0.05) is 21.0 Å². The first-order valence-corrected chi connectivity index (χ1v) is 7.47. The molecule has 0 bridgehead atoms. The van der Waals surface area contributed by atoms with Crippen LogP contribution >= 0.6 is 27.3 Å². The van der Waals surface area contributed by atoms with Crippen molar-refractivity contribution in [1.82, 2.24) is 4.98 Å². The van der Waals surface area contributed by atoms with Crippen molar-refractivity contribution in [3.8, 4) is 21.8 Å². The minimum absolute atomic E-state index is 0.571. The zero-order valence-corrected chi connectivity index (χ0v) is 12.5. The van der Waals surface area contributed by atoms with Gasteiger partial charge in [-0.05, 0) is 30.3 Å². The van der Waals surface area contributed by atoms with E-state index in [9.17, 15) is 8.78 Å². The fourth-order valence-corrected chi connectivity index (χ4v) is 3.04. The van der Waals surface area contributed by atoms with Gasteiger partial charge in [0.2, 0.25) is 0 Å². The van der Waals surface area contributed by atoms with Crippen molar-refractivity contribution in [3.05, 3.63) is 64.0 Å². The van der Waals surface area contributed by atoms with Gasteiger partial charge in [-0.2, -0.15) is 0 Å². The Kier molecular flexibility index (Phi) is 3.63. The summed E-state index contributed by atoms with van der Waals surface area (Å²) in [6.45, 7) is 0. The molecule has 1 heterocycles. The van der Waals surface area contributed by atoms with Gasteiger partial charge in [0.05, 0.1) is 5.69 Å². The second-order valence-corrected chi connectivity index (χ2v) is 5.95. The standard InChI is InChI=1S/C15H8BrF2NS/c16-11-3-1-2-10(6-11)15-19-14(8-20-15)9-4-5-12(17)13(18)7-9/h1-8H. The van der Waals surface area contributed by atoms with Crippen LogP contribution in [0.25, 0.3) is 21.8 Å². The van der Waals surface area contributed by atoms with Crippen molar-refractivity contribution < 1.29 is 8.78 Å². The van der Waals surface area contributed by atoms with Gasteiger partial charge in [-0.3, -0.25) is 0 Å². The Morgan fingerprint density at radius 1 is 0.950 bits per heavy atom. The summed E-state index contributed by atoms with van der Waals surface area (Å²) in [6.07, 6.45) is 0. The number of aromatic nitrogens is 1. The fourth-order valence-electron chi connectivity index (χ4n) is 1.82. The zero-order valence-electron chi connectivity index (χ0n) is 10.1. The lowest BCUT2D eigenvalue weighted by molar-refractivity contribution is 0.509. The molecule has 0 unspecified atom stereocenters. The molecule has 0 radical (unpaired) electrons. The topological polar surface area (TPSA) is 12.9 Å². The maximum Gasteiger partial charge on any atom is 0.159 e. The predicted molar refractivity (Wildman–Crippen MR) is 80.6 cm³/mol. The summed E-state index contributed by atoms with van der Waals surface area (Å²) in [4.78, 5) is 4.47. The summed E-state index contributed by atoms with van der Waals surface area (Å²) in [5.41, 5.74) is 2.20. The molecule has 0 fully saturated rings. The quantitative estimate of drug-likeness (QED) is 0.592. The van der Waals surface area contributed by atoms with Crippen LogP contribution in [0.4, 0.5) is 8.78 Å². The molecule has 0 N–H and O–H groups in total. The van der Waals surface area contributed by atoms with Crippen molar-refractivity contribution in [1.29, 1.82) is 0 Å². The van der Waals surface area contributed by atoms with E-state index < -0.39 is 11.6 Å². The Labute approximate surface area is 127 Å². The molecule has 0 aliphatic heterocycles. The van der Waals surface area contributed by atoms with Crippen molar-refractivity contribution in [2.45, 2.75) is 0 Å². The first kappa shape index (κ1) is 13.4. The van der Waals surface area contributed by atoms with Crippen molar-refractivity contribution >= 4 is 27.3 Å². The first-order chi connectivity index (χ1) is 9.63. The molecule has 0 saturated carbocycles. The third-order valence-electron chi connectivity index (χ3n) is 2.79. The maximum atomic E-state index is 13.2. The smallest absolute Gasteiger partial charge is 0.159 e. The van der Waals surface area contributed by atoms with E-state index in [0.717, 1.165) is 27.2 Å². The van der Waals surface area contributed by atoms with Gasteiger partial charge in [0.1, 0.15) is 5.01 Å². The highest BCUT2D eigenvalue weighted by atomic mass is 79.9. The van der Waals surface area contributed by atoms with Crippen molar-refractivity contribution in [3.63, 3.8) is 0 Å². The Balaban J connectivity index is 1.99. The summed E-state index contributed by atoms with van der Waals surface area (Å²) >= 11 is 4.88. The van der Waals surface area contributed by atoms with Crippen LogP contribution < -0.4 is 0 Å². The second kappa shape index (κ2) is 5.42. The summed E-state index contributed by atoms with van der Waals surface area (Å²) in [7, 11) is 0. The SMILES string of the molecule is Fc1ccc(-c2csc(-c3cccc(Br)c3)n2)cc1F. The molecular formula is C15H8BrF2NS. The highest BCUT2D eigenvalue weighted by molar-refractivity contribution is 9.10. The molecule has 5 heteroatoms. The molecule has 3 rings (SSSR count). The summed E-state index contributed by atoms with van der Waals surface area (Å²) in [5.74, 6) is -1.71. The minimum atomic E-state index is -0.862. The van der Waals surface area contributed by atoms with E-state index in [1.165, 1.54) is 17.4 Å². The lowest BCUT2D eigenvalue weighted by Gasteiger charge is -1.99. The van der Waals surface area contributed by atoms with Gasteiger partial charge in [-0.1, -0.05) is 28.1 Å². The fraction of sp³-hybridized carbons (Fsp3) is 0. The average molecular weight is 352 g/mol. The van der Waals surface area contributed by atoms with Gasteiger partial charge < -0.3 is 0 Å². The molecule has 0 atom stereocenters. The molecule has 0 saturated heterocycles. The van der Waals surface area contributed by atoms with E-state index in [2.05, 4.69) is 20.9 Å². The monoisotopic (exact) mass is 351 g/mol. The van der Waals surface area contributed by atoms with Crippen LogP contribution in [0.5, 0.6) is 0 Å². The molecule has 0 spiro atoms. The Hall–Kier alpha value is -1.59. The molecular weight excluding hydrogens is 344 g/mol. The van der Waals surface area contributed by atoms with Gasteiger partial charge in [0.15, 0.2) is 11.6 Å². The van der Waals surface area contributed by atoms with Crippen LogP contribution in [0.3, 0.4) is 0 Å². The van der Waals surface area contributed by atoms with Crippen LogP contribution in [-0.2, 0) is 0 Å². The first-order valence-electron chi connectivity index (χ1n) is 5.80. The molecule has 0 aliphatic rings. The molecule has 100 valence electrons. The van der Waals surface area contributed by atoms with Crippen molar-refractivity contribution in [2.24, 2.45) is 0 Å². The van der Waals surface area contributed by atoms with Gasteiger partial charge in [0.25, 0.3) is 0 Å². The van der Waals surface area contributed by atoms with Crippen LogP contribution in [0.15, 0.2) is 52.3 Å². The number of hydrogen-bond acceptors (Lipinski definition) is 2. The number of benzene rings is 2. The van der Waals surface area contributed by atoms with Crippen LogP contribution in [0.1, 0.15) is 0 Å². The number of rotatable bonds is 2. The van der Waals surface area contributed by atoms with Crippen LogP contribution in [0, 0.1) is 11.6 Å². The molecule has 1 nitrogen and oxygen atoms in total. The maximum absolute atomic E-state index is 13.2. The Bertz CT molecular complexity index is 770. The number of thiazole rings is 1. The highest BCUT2D eigenvalue weighted by Crippen LogP contribution is 2.30. The molecule has 3 aromatic rings. The van der Waals surface area contributed by atoms with Crippen LogP contribution in [0.2, 0.25) is 0 Å². The Morgan fingerprint density at radius 3 is 2.55 bits per heavy atom. The van der Waals surface area contributed by atoms with Crippen molar-refractivity contribution in [2.75, 3.05) is 0 Å². The molecule has 20 heavy (non-hydrogen) atoms. The molecule has 1 aromatic heterocycles. The summed E-state index contributed by atoms with van der Waals surface area (Å²) in [6, 6.07) is 11.6. The van der Waals surface area contributed by atoms with Gasteiger partial charge >= 0.3 is 0 Å². The van der Waals surface area contributed by atoms with E-state index in [4.69, 9.17) is 0 Å². The molecule has 0 amide bonds. The lowest BCUT2D eigenvalue weighted by Crippen LogP contribution is -1.85. The molecule has 2 aromatic carbocycles. The summed E-state index contributed by atoms with van der Waals surface area (Å²) < 4.78 is 27.1. The highest BCUT2D eigenvalue weighted by Gasteiger charge is 2.09. The number of nitrogens with zero attached hydrogens (tertiary/aromatic N) is 1. The average Bonchev–Trinajstić information content (AvgIpc) is 2.92. The molecule has 0 aliphatic carbocycles. The van der Waals surface area contributed by atoms with Crippen LogP contribution in [-0.4, -0.2) is 4.98 Å². The normalized spacial score (nSPS) is 10.8. The van der Waals surface area contributed by atoms with E-state index in [1.807, 2.05) is 29.6 Å². The van der Waals surface area contributed by atoms with Gasteiger partial charge in [-0.25, -0.2) is 13.8 Å². The lowest BCUT2D eigenvalue weighted by atomic mass is 10.1. The predicted octanol–water partition coefficient (Wildman–Crippen LogP) is 5.52. The van der Waals surface area contributed by atoms with E-state index in [1.54, 1.807) is 0 Å². The van der Waals surface area contributed by atoms with E-state index in [0.29, 0.717) is 11.3 Å². The van der Waals surface area contributed by atoms with E-state index >= 15 is 0 Å². The second-order valence-electron chi connectivity index (χ2n) is 4.18. The Morgan fingerprint density at radius 2 is 1.80 bits per heavy atom. The third-order valence-corrected chi connectivity index (χ3v) is 4.18. The van der Waals surface area contributed by atoms with Gasteiger partial charge in [-0.15, -0.1) is 11.3 Å². The number of hydrogen-bond donors (Lipinski definition) is 0.